The molecule has 4 nitrogen and oxygen atoms in total. The predicted molar refractivity (Wildman–Crippen MR) is 79.9 cm³/mol. The average Bonchev–Trinajstić information content (AvgIpc) is 2.47. The molecule has 0 heterocycles. The smallest absolute Gasteiger partial charge is 0.190 e. The Balaban J connectivity index is 1.95. The normalized spacial score (nSPS) is 11.4. The zero-order valence-electron chi connectivity index (χ0n) is 11.3. The number of guanidine groups is 1. The van der Waals surface area contributed by atoms with Crippen LogP contribution in [0.1, 0.15) is 0 Å². The van der Waals surface area contributed by atoms with E-state index in [9.17, 15) is 0 Å². The van der Waals surface area contributed by atoms with Crippen molar-refractivity contribution in [3.8, 4) is 5.75 Å². The predicted octanol–water partition coefficient (Wildman–Crippen LogP) is 2.01. The maximum atomic E-state index is 5.81. The van der Waals surface area contributed by atoms with E-state index in [0.29, 0.717) is 13.2 Å². The van der Waals surface area contributed by atoms with Gasteiger partial charge in [0.15, 0.2) is 5.96 Å². The van der Waals surface area contributed by atoms with E-state index in [1.807, 2.05) is 31.3 Å². The van der Waals surface area contributed by atoms with Crippen molar-refractivity contribution in [1.82, 2.24) is 10.6 Å². The lowest BCUT2D eigenvalue weighted by Gasteiger charge is -2.11. The Morgan fingerprint density at radius 3 is 2.74 bits per heavy atom. The molecule has 0 atom stereocenters. The molecule has 0 bridgehead atoms. The maximum absolute atomic E-state index is 5.81. The van der Waals surface area contributed by atoms with Crippen LogP contribution < -0.4 is 15.4 Å². The summed E-state index contributed by atoms with van der Waals surface area (Å²) >= 11 is 0. The number of rotatable bonds is 4. The van der Waals surface area contributed by atoms with Gasteiger partial charge in [0.25, 0.3) is 0 Å². The highest BCUT2D eigenvalue weighted by Crippen LogP contribution is 2.24. The maximum Gasteiger partial charge on any atom is 0.190 e. The minimum atomic E-state index is 0.592. The number of nitrogens with zero attached hydrogens (tertiary/aromatic N) is 1. The first-order valence-electron chi connectivity index (χ1n) is 6.34. The van der Waals surface area contributed by atoms with Crippen molar-refractivity contribution in [3.63, 3.8) is 0 Å². The minimum Gasteiger partial charge on any atom is -0.491 e. The van der Waals surface area contributed by atoms with Crippen molar-refractivity contribution < 1.29 is 4.74 Å². The SMILES string of the molecule is CN=C(NC)NCCOc1cccc2ccccc12. The minimum absolute atomic E-state index is 0.592. The van der Waals surface area contributed by atoms with Gasteiger partial charge in [-0.15, -0.1) is 0 Å². The summed E-state index contributed by atoms with van der Waals surface area (Å²) in [4.78, 5) is 4.04. The molecule has 0 radical (unpaired) electrons. The van der Waals surface area contributed by atoms with Crippen LogP contribution >= 0.6 is 0 Å². The van der Waals surface area contributed by atoms with Crippen molar-refractivity contribution in [2.75, 3.05) is 27.2 Å². The van der Waals surface area contributed by atoms with Gasteiger partial charge in [-0.2, -0.15) is 0 Å². The number of hydrogen-bond acceptors (Lipinski definition) is 2. The van der Waals surface area contributed by atoms with Gasteiger partial charge in [-0.05, 0) is 11.5 Å². The summed E-state index contributed by atoms with van der Waals surface area (Å²) in [6, 6.07) is 14.3. The van der Waals surface area contributed by atoms with E-state index in [4.69, 9.17) is 4.74 Å². The molecule has 0 fully saturated rings. The van der Waals surface area contributed by atoms with Crippen molar-refractivity contribution in [2.45, 2.75) is 0 Å². The fourth-order valence-corrected chi connectivity index (χ4v) is 1.93. The monoisotopic (exact) mass is 257 g/mol. The van der Waals surface area contributed by atoms with Crippen LogP contribution in [0.5, 0.6) is 5.75 Å². The highest BCUT2D eigenvalue weighted by atomic mass is 16.5. The molecule has 0 amide bonds. The summed E-state index contributed by atoms with van der Waals surface area (Å²) in [7, 11) is 3.57. The van der Waals surface area contributed by atoms with Crippen LogP contribution in [0.15, 0.2) is 47.5 Å². The molecule has 0 aliphatic carbocycles. The first-order chi connectivity index (χ1) is 9.35. The lowest BCUT2D eigenvalue weighted by molar-refractivity contribution is 0.326. The zero-order valence-corrected chi connectivity index (χ0v) is 11.3. The Labute approximate surface area is 113 Å². The first kappa shape index (κ1) is 13.2. The van der Waals surface area contributed by atoms with Crippen molar-refractivity contribution in [2.24, 2.45) is 4.99 Å². The molecule has 2 rings (SSSR count). The zero-order chi connectivity index (χ0) is 13.5. The molecule has 0 saturated heterocycles. The second-order valence-electron chi connectivity index (χ2n) is 4.07. The van der Waals surface area contributed by atoms with Crippen LogP contribution in [-0.4, -0.2) is 33.2 Å². The van der Waals surface area contributed by atoms with Gasteiger partial charge < -0.3 is 15.4 Å². The standard InChI is InChI=1S/C15H19N3O/c1-16-15(17-2)18-10-11-19-14-9-5-7-12-6-3-4-8-13(12)14/h3-9H,10-11H2,1-2H3,(H2,16,17,18). The van der Waals surface area contributed by atoms with E-state index in [2.05, 4.69) is 33.8 Å². The van der Waals surface area contributed by atoms with Gasteiger partial charge in [0.05, 0.1) is 6.54 Å². The first-order valence-corrected chi connectivity index (χ1v) is 6.34. The Morgan fingerprint density at radius 2 is 1.95 bits per heavy atom. The summed E-state index contributed by atoms with van der Waals surface area (Å²) in [5, 5.41) is 8.45. The van der Waals surface area contributed by atoms with Crippen LogP contribution in [0.2, 0.25) is 0 Å². The van der Waals surface area contributed by atoms with Crippen LogP contribution in [0.25, 0.3) is 10.8 Å². The highest BCUT2D eigenvalue weighted by molar-refractivity contribution is 5.88. The molecular weight excluding hydrogens is 238 g/mol. The molecule has 0 saturated carbocycles. The Hall–Kier alpha value is -2.23. The summed E-state index contributed by atoms with van der Waals surface area (Å²) < 4.78 is 5.81. The van der Waals surface area contributed by atoms with E-state index >= 15 is 0 Å². The molecule has 19 heavy (non-hydrogen) atoms. The molecule has 0 aliphatic rings. The Bertz CT molecular complexity index is 561. The van der Waals surface area contributed by atoms with Crippen molar-refractivity contribution in [3.05, 3.63) is 42.5 Å². The molecule has 0 spiro atoms. The van der Waals surface area contributed by atoms with Crippen LogP contribution in [0.4, 0.5) is 0 Å². The van der Waals surface area contributed by atoms with Gasteiger partial charge in [0, 0.05) is 19.5 Å². The molecule has 100 valence electrons. The number of hydrogen-bond donors (Lipinski definition) is 2. The number of ether oxygens (including phenoxy) is 1. The fourth-order valence-electron chi connectivity index (χ4n) is 1.93. The van der Waals surface area contributed by atoms with Crippen LogP contribution in [0.3, 0.4) is 0 Å². The second kappa shape index (κ2) is 6.64. The van der Waals surface area contributed by atoms with Gasteiger partial charge in [0.2, 0.25) is 0 Å². The number of benzene rings is 2. The summed E-state index contributed by atoms with van der Waals surface area (Å²) in [5.74, 6) is 1.68. The highest BCUT2D eigenvalue weighted by Gasteiger charge is 2.00. The van der Waals surface area contributed by atoms with Crippen molar-refractivity contribution in [1.29, 1.82) is 0 Å². The summed E-state index contributed by atoms with van der Waals surface area (Å²) in [5.41, 5.74) is 0. The topological polar surface area (TPSA) is 45.7 Å². The third kappa shape index (κ3) is 3.37. The summed E-state index contributed by atoms with van der Waals surface area (Å²) in [6.45, 7) is 1.30. The Morgan fingerprint density at radius 1 is 1.16 bits per heavy atom. The van der Waals surface area contributed by atoms with Gasteiger partial charge in [-0.3, -0.25) is 4.99 Å². The van der Waals surface area contributed by atoms with Gasteiger partial charge in [0.1, 0.15) is 12.4 Å². The molecule has 2 aromatic carbocycles. The molecule has 4 heteroatoms. The number of fused-ring (bicyclic) bond motifs is 1. The van der Waals surface area contributed by atoms with Gasteiger partial charge >= 0.3 is 0 Å². The van der Waals surface area contributed by atoms with E-state index < -0.39 is 0 Å². The number of aliphatic imine (C=N–C) groups is 1. The van der Waals surface area contributed by atoms with Gasteiger partial charge in [-0.25, -0.2) is 0 Å². The average molecular weight is 257 g/mol. The van der Waals surface area contributed by atoms with E-state index in [1.165, 1.54) is 5.39 Å². The lowest BCUT2D eigenvalue weighted by atomic mass is 10.1. The van der Waals surface area contributed by atoms with E-state index in [1.54, 1.807) is 7.05 Å². The largest absolute Gasteiger partial charge is 0.491 e. The molecule has 0 aliphatic heterocycles. The quantitative estimate of drug-likeness (QED) is 0.500. The number of nitrogens with one attached hydrogen (secondary N) is 2. The molecular formula is C15H19N3O. The third-order valence-electron chi connectivity index (χ3n) is 2.86. The van der Waals surface area contributed by atoms with Crippen molar-refractivity contribution >= 4 is 16.7 Å². The molecule has 2 aromatic rings. The third-order valence-corrected chi connectivity index (χ3v) is 2.86. The van der Waals surface area contributed by atoms with E-state index in [-0.39, 0.29) is 0 Å². The summed E-state index contributed by atoms with van der Waals surface area (Å²) in [6.07, 6.45) is 0. The van der Waals surface area contributed by atoms with Crippen LogP contribution in [0, 0.1) is 0 Å². The second-order valence-corrected chi connectivity index (χ2v) is 4.07. The van der Waals surface area contributed by atoms with Crippen LogP contribution in [-0.2, 0) is 0 Å². The molecule has 0 unspecified atom stereocenters. The van der Waals surface area contributed by atoms with Gasteiger partial charge in [-0.1, -0.05) is 36.4 Å². The molecule has 2 N–H and O–H groups in total. The Kier molecular flexibility index (Phi) is 4.61. The molecule has 0 aromatic heterocycles. The van der Waals surface area contributed by atoms with E-state index in [0.717, 1.165) is 17.1 Å². The fraction of sp³-hybridized carbons (Fsp3) is 0.267. The lowest BCUT2D eigenvalue weighted by Crippen LogP contribution is -2.37.